The summed E-state index contributed by atoms with van der Waals surface area (Å²) in [4.78, 5) is 22.9. The molecule has 2 N–H and O–H groups in total. The number of hydrogen-bond acceptors (Lipinski definition) is 5. The Kier molecular flexibility index (Phi) is 6.22. The number of benzene rings is 1. The molecule has 0 radical (unpaired) electrons. The molecule has 0 unspecified atom stereocenters. The number of rotatable bonds is 6. The van der Waals surface area contributed by atoms with E-state index in [0.717, 1.165) is 5.69 Å². The van der Waals surface area contributed by atoms with Crippen LogP contribution in [0.5, 0.6) is 0 Å². The summed E-state index contributed by atoms with van der Waals surface area (Å²) < 4.78 is 4.92. The van der Waals surface area contributed by atoms with Crippen LogP contribution in [0.4, 0.5) is 5.69 Å². The number of ether oxygens (including phenoxy) is 1. The zero-order valence-corrected chi connectivity index (χ0v) is 11.8. The van der Waals surface area contributed by atoms with Crippen molar-refractivity contribution in [2.45, 2.75) is 26.8 Å². The van der Waals surface area contributed by atoms with Gasteiger partial charge < -0.3 is 10.1 Å². The van der Waals surface area contributed by atoms with Crippen molar-refractivity contribution in [3.05, 3.63) is 30.3 Å². The number of nitrogens with zero attached hydrogens (tertiary/aromatic N) is 1. The molecule has 0 aliphatic carbocycles. The quantitative estimate of drug-likeness (QED) is 0.469. The topological polar surface area (TPSA) is 79.8 Å². The highest BCUT2D eigenvalue weighted by Gasteiger charge is 2.23. The summed E-state index contributed by atoms with van der Waals surface area (Å²) in [6.07, 6.45) is 0. The molecule has 6 nitrogen and oxygen atoms in total. The van der Waals surface area contributed by atoms with Crippen LogP contribution in [0.25, 0.3) is 0 Å². The molecular weight excluding hydrogens is 258 g/mol. The lowest BCUT2D eigenvalue weighted by molar-refractivity contribution is -0.145. The largest absolute Gasteiger partial charge is 0.464 e. The minimum atomic E-state index is -0.885. The molecule has 1 amide bonds. The molecule has 0 aromatic heterocycles. The molecule has 0 aliphatic heterocycles. The van der Waals surface area contributed by atoms with E-state index >= 15 is 0 Å². The van der Waals surface area contributed by atoms with Crippen LogP contribution in [-0.2, 0) is 14.3 Å². The third-order valence-electron chi connectivity index (χ3n) is 2.42. The average molecular weight is 277 g/mol. The van der Waals surface area contributed by atoms with E-state index in [9.17, 15) is 9.59 Å². The highest BCUT2D eigenvalue weighted by atomic mass is 16.5. The Balaban J connectivity index is 2.78. The minimum absolute atomic E-state index is 0.244. The molecule has 0 bridgehead atoms. The number of carbonyl (C=O) groups is 2. The first kappa shape index (κ1) is 15.7. The Morgan fingerprint density at radius 3 is 2.45 bits per heavy atom. The smallest absolute Gasteiger partial charge is 0.334 e. The van der Waals surface area contributed by atoms with Gasteiger partial charge in [0.15, 0.2) is 6.04 Å². The molecular formula is C14H19N3O3. The maximum Gasteiger partial charge on any atom is 0.334 e. The lowest BCUT2D eigenvalue weighted by Gasteiger charge is -2.16. The molecule has 0 heterocycles. The number of carbonyl (C=O) groups excluding carboxylic acids is 2. The molecule has 0 spiro atoms. The van der Waals surface area contributed by atoms with Crippen LogP contribution >= 0.6 is 0 Å². The lowest BCUT2D eigenvalue weighted by Crippen LogP contribution is -2.46. The van der Waals surface area contributed by atoms with Crippen LogP contribution in [0.15, 0.2) is 35.4 Å². The molecule has 1 atom stereocenters. The molecule has 0 saturated carbocycles. The van der Waals surface area contributed by atoms with Gasteiger partial charge in [-0.1, -0.05) is 18.2 Å². The highest BCUT2D eigenvalue weighted by molar-refractivity contribution is 6.07. The summed E-state index contributed by atoms with van der Waals surface area (Å²) in [7, 11) is 0. The first-order chi connectivity index (χ1) is 9.54. The molecule has 1 aromatic carbocycles. The predicted molar refractivity (Wildman–Crippen MR) is 77.4 cm³/mol. The normalized spacial score (nSPS) is 12.4. The number of para-hydroxylation sites is 1. The van der Waals surface area contributed by atoms with Crippen molar-refractivity contribution in [2.24, 2.45) is 5.10 Å². The number of amides is 1. The Morgan fingerprint density at radius 2 is 1.90 bits per heavy atom. The highest BCUT2D eigenvalue weighted by Crippen LogP contribution is 2.05. The van der Waals surface area contributed by atoms with Crippen LogP contribution in [0.3, 0.4) is 0 Å². The van der Waals surface area contributed by atoms with Gasteiger partial charge in [-0.05, 0) is 26.0 Å². The molecule has 0 saturated heterocycles. The average Bonchev–Trinajstić information content (AvgIpc) is 2.43. The van der Waals surface area contributed by atoms with Crippen LogP contribution < -0.4 is 10.7 Å². The van der Waals surface area contributed by atoms with Crippen LogP contribution in [-0.4, -0.2) is 30.2 Å². The summed E-state index contributed by atoms with van der Waals surface area (Å²) >= 11 is 0. The predicted octanol–water partition coefficient (Wildman–Crippen LogP) is 1.54. The van der Waals surface area contributed by atoms with Crippen molar-refractivity contribution in [3.63, 3.8) is 0 Å². The monoisotopic (exact) mass is 277 g/mol. The van der Waals surface area contributed by atoms with Gasteiger partial charge in [0.1, 0.15) is 0 Å². The Bertz CT molecular complexity index is 486. The fraction of sp³-hybridized carbons (Fsp3) is 0.357. The zero-order valence-electron chi connectivity index (χ0n) is 11.8. The van der Waals surface area contributed by atoms with E-state index in [1.54, 1.807) is 13.8 Å². The third-order valence-corrected chi connectivity index (χ3v) is 2.42. The number of anilines is 1. The molecule has 108 valence electrons. The van der Waals surface area contributed by atoms with Crippen molar-refractivity contribution in [1.29, 1.82) is 0 Å². The summed E-state index contributed by atoms with van der Waals surface area (Å²) in [5.74, 6) is -0.851. The minimum Gasteiger partial charge on any atom is -0.464 e. The second-order valence-electron chi connectivity index (χ2n) is 4.12. The van der Waals surface area contributed by atoms with Crippen molar-refractivity contribution in [3.8, 4) is 0 Å². The number of hydrogen-bond donors (Lipinski definition) is 2. The summed E-state index contributed by atoms with van der Waals surface area (Å²) in [6.45, 7) is 4.93. The van der Waals surface area contributed by atoms with Crippen LogP contribution in [0, 0.1) is 0 Å². The third kappa shape index (κ3) is 5.09. The first-order valence-electron chi connectivity index (χ1n) is 6.33. The Morgan fingerprint density at radius 1 is 1.25 bits per heavy atom. The second kappa shape index (κ2) is 7.93. The van der Waals surface area contributed by atoms with E-state index in [1.165, 1.54) is 6.92 Å². The van der Waals surface area contributed by atoms with E-state index in [0.29, 0.717) is 5.71 Å². The number of nitrogens with one attached hydrogen (secondary N) is 2. The van der Waals surface area contributed by atoms with Gasteiger partial charge in [-0.3, -0.25) is 10.2 Å². The summed E-state index contributed by atoms with van der Waals surface area (Å²) in [5.41, 5.74) is 4.03. The summed E-state index contributed by atoms with van der Waals surface area (Å²) in [6, 6.07) is 8.42. The zero-order chi connectivity index (χ0) is 15.0. The van der Waals surface area contributed by atoms with E-state index < -0.39 is 12.0 Å². The maximum atomic E-state index is 11.8. The van der Waals surface area contributed by atoms with Gasteiger partial charge in [0, 0.05) is 6.92 Å². The number of hydrazone groups is 1. The molecule has 20 heavy (non-hydrogen) atoms. The van der Waals surface area contributed by atoms with Crippen molar-refractivity contribution in [2.75, 3.05) is 12.0 Å². The molecule has 1 rings (SSSR count). The van der Waals surface area contributed by atoms with Gasteiger partial charge in [0.05, 0.1) is 18.0 Å². The molecule has 1 aromatic rings. The van der Waals surface area contributed by atoms with Crippen molar-refractivity contribution in [1.82, 2.24) is 5.32 Å². The van der Waals surface area contributed by atoms with Gasteiger partial charge in [0.2, 0.25) is 5.91 Å². The van der Waals surface area contributed by atoms with Gasteiger partial charge in [-0.15, -0.1) is 0 Å². The van der Waals surface area contributed by atoms with Gasteiger partial charge in [-0.25, -0.2) is 4.79 Å². The van der Waals surface area contributed by atoms with Crippen molar-refractivity contribution < 1.29 is 14.3 Å². The van der Waals surface area contributed by atoms with Crippen LogP contribution in [0.2, 0.25) is 0 Å². The van der Waals surface area contributed by atoms with Gasteiger partial charge >= 0.3 is 5.97 Å². The Hall–Kier alpha value is -2.37. The molecule has 0 fully saturated rings. The van der Waals surface area contributed by atoms with Gasteiger partial charge in [-0.2, -0.15) is 5.10 Å². The second-order valence-corrected chi connectivity index (χ2v) is 4.12. The number of esters is 1. The molecule has 0 aliphatic rings. The maximum absolute atomic E-state index is 11.8. The lowest BCUT2D eigenvalue weighted by atomic mass is 10.2. The van der Waals surface area contributed by atoms with E-state index in [1.807, 2.05) is 30.3 Å². The van der Waals surface area contributed by atoms with Crippen LogP contribution in [0.1, 0.15) is 20.8 Å². The fourth-order valence-electron chi connectivity index (χ4n) is 1.49. The van der Waals surface area contributed by atoms with E-state index in [4.69, 9.17) is 4.74 Å². The van der Waals surface area contributed by atoms with Gasteiger partial charge in [0.25, 0.3) is 0 Å². The Labute approximate surface area is 118 Å². The molecule has 6 heteroatoms. The first-order valence-corrected chi connectivity index (χ1v) is 6.33. The standard InChI is InChI=1S/C14H19N3O3/c1-4-20-14(19)13(15-11(3)18)10(2)16-17-12-8-6-5-7-9-12/h5-9,13,17H,4H2,1-3H3,(H,15,18)/b16-10-/t13-/m0/s1. The van der Waals surface area contributed by atoms with Crippen molar-refractivity contribution >= 4 is 23.3 Å². The fourth-order valence-corrected chi connectivity index (χ4v) is 1.49. The van der Waals surface area contributed by atoms with E-state index in [2.05, 4.69) is 15.8 Å². The SMILES string of the molecule is CCOC(=O)[C@@H](NC(C)=O)/C(C)=N\Nc1ccccc1. The summed E-state index contributed by atoms with van der Waals surface area (Å²) in [5, 5.41) is 6.62. The van der Waals surface area contributed by atoms with E-state index in [-0.39, 0.29) is 12.5 Å².